The minimum Gasteiger partial charge on any atom is -0.342 e. The van der Waals surface area contributed by atoms with Gasteiger partial charge < -0.3 is 10.2 Å². The lowest BCUT2D eigenvalue weighted by atomic mass is 9.80. The lowest BCUT2D eigenvalue weighted by Crippen LogP contribution is -2.47. The monoisotopic (exact) mass is 224 g/mol. The van der Waals surface area contributed by atoms with Crippen molar-refractivity contribution in [3.63, 3.8) is 0 Å². The molecule has 16 heavy (non-hydrogen) atoms. The first-order valence-corrected chi connectivity index (χ1v) is 6.79. The Morgan fingerprint density at radius 1 is 1.31 bits per heavy atom. The van der Waals surface area contributed by atoms with Crippen LogP contribution in [0.3, 0.4) is 0 Å². The second-order valence-corrected chi connectivity index (χ2v) is 5.31. The highest BCUT2D eigenvalue weighted by Crippen LogP contribution is 2.34. The van der Waals surface area contributed by atoms with Gasteiger partial charge in [0.25, 0.3) is 0 Å². The lowest BCUT2D eigenvalue weighted by molar-refractivity contribution is -0.142. The average Bonchev–Trinajstić information content (AvgIpc) is 2.80. The minimum absolute atomic E-state index is 0.0634. The number of hydrogen-bond donors (Lipinski definition) is 1. The Balaban J connectivity index is 2.04. The van der Waals surface area contributed by atoms with Gasteiger partial charge in [0.1, 0.15) is 0 Å². The van der Waals surface area contributed by atoms with Crippen LogP contribution in [-0.4, -0.2) is 37.0 Å². The fourth-order valence-corrected chi connectivity index (χ4v) is 3.16. The minimum atomic E-state index is -0.0634. The Hall–Kier alpha value is -0.570. The number of piperidine rings is 1. The van der Waals surface area contributed by atoms with Crippen molar-refractivity contribution in [3.05, 3.63) is 0 Å². The van der Waals surface area contributed by atoms with Gasteiger partial charge in [0.15, 0.2) is 0 Å². The molecule has 92 valence electrons. The highest BCUT2D eigenvalue weighted by molar-refractivity contribution is 5.83. The van der Waals surface area contributed by atoms with Crippen molar-refractivity contribution < 1.29 is 4.79 Å². The van der Waals surface area contributed by atoms with Gasteiger partial charge >= 0.3 is 0 Å². The fraction of sp³-hybridized carbons (Fsp3) is 0.923. The molecule has 0 aromatic carbocycles. The van der Waals surface area contributed by atoms with Crippen molar-refractivity contribution >= 4 is 5.91 Å². The van der Waals surface area contributed by atoms with E-state index in [0.29, 0.717) is 5.91 Å². The summed E-state index contributed by atoms with van der Waals surface area (Å²) in [7, 11) is 0. The van der Waals surface area contributed by atoms with E-state index >= 15 is 0 Å². The van der Waals surface area contributed by atoms with Gasteiger partial charge in [-0.1, -0.05) is 13.3 Å². The van der Waals surface area contributed by atoms with Gasteiger partial charge in [-0.2, -0.15) is 0 Å². The van der Waals surface area contributed by atoms with Gasteiger partial charge in [-0.05, 0) is 38.6 Å². The molecular weight excluding hydrogens is 200 g/mol. The van der Waals surface area contributed by atoms with Crippen LogP contribution in [-0.2, 0) is 4.79 Å². The van der Waals surface area contributed by atoms with Crippen molar-refractivity contribution in [3.8, 4) is 0 Å². The van der Waals surface area contributed by atoms with Crippen LogP contribution in [0.25, 0.3) is 0 Å². The van der Waals surface area contributed by atoms with Gasteiger partial charge in [-0.3, -0.25) is 4.79 Å². The first kappa shape index (κ1) is 11.9. The van der Waals surface area contributed by atoms with E-state index in [1.165, 1.54) is 19.3 Å². The maximum absolute atomic E-state index is 12.6. The predicted octanol–water partition coefficient (Wildman–Crippen LogP) is 1.78. The zero-order valence-electron chi connectivity index (χ0n) is 10.4. The smallest absolute Gasteiger partial charge is 0.230 e. The van der Waals surface area contributed by atoms with Crippen LogP contribution in [0.1, 0.15) is 45.4 Å². The number of carbonyl (C=O) groups is 1. The molecule has 0 bridgehead atoms. The molecule has 1 N–H and O–H groups in total. The van der Waals surface area contributed by atoms with E-state index < -0.39 is 0 Å². The number of rotatable bonds is 3. The zero-order valence-corrected chi connectivity index (χ0v) is 10.4. The Morgan fingerprint density at radius 2 is 2.06 bits per heavy atom. The van der Waals surface area contributed by atoms with E-state index in [0.717, 1.165) is 45.4 Å². The molecule has 0 aromatic heterocycles. The lowest BCUT2D eigenvalue weighted by Gasteiger charge is -2.36. The molecule has 0 aromatic rings. The molecule has 1 atom stereocenters. The third-order valence-corrected chi connectivity index (χ3v) is 4.07. The molecule has 0 spiro atoms. The number of amides is 1. The number of carbonyl (C=O) groups excluding carboxylic acids is 1. The number of hydrogen-bond acceptors (Lipinski definition) is 2. The summed E-state index contributed by atoms with van der Waals surface area (Å²) < 4.78 is 0. The second-order valence-electron chi connectivity index (χ2n) is 5.31. The van der Waals surface area contributed by atoms with Crippen LogP contribution in [0.2, 0.25) is 0 Å². The number of nitrogens with zero attached hydrogens (tertiary/aromatic N) is 1. The highest BCUT2D eigenvalue weighted by Gasteiger charge is 2.42. The molecule has 2 saturated heterocycles. The first-order chi connectivity index (χ1) is 7.78. The maximum Gasteiger partial charge on any atom is 0.230 e. The Bertz CT molecular complexity index is 240. The molecule has 2 aliphatic heterocycles. The molecule has 3 nitrogen and oxygen atoms in total. The summed E-state index contributed by atoms with van der Waals surface area (Å²) in [6, 6.07) is 0. The Morgan fingerprint density at radius 3 is 2.62 bits per heavy atom. The van der Waals surface area contributed by atoms with Crippen LogP contribution in [0, 0.1) is 5.41 Å². The molecule has 0 radical (unpaired) electrons. The zero-order chi connectivity index (χ0) is 11.4. The van der Waals surface area contributed by atoms with E-state index in [9.17, 15) is 4.79 Å². The van der Waals surface area contributed by atoms with E-state index in [2.05, 4.69) is 17.1 Å². The van der Waals surface area contributed by atoms with Crippen molar-refractivity contribution in [2.24, 2.45) is 5.41 Å². The van der Waals surface area contributed by atoms with Crippen molar-refractivity contribution in [2.45, 2.75) is 45.4 Å². The summed E-state index contributed by atoms with van der Waals surface area (Å²) in [5, 5.41) is 3.37. The second kappa shape index (κ2) is 5.17. The van der Waals surface area contributed by atoms with Crippen molar-refractivity contribution in [2.75, 3.05) is 26.2 Å². The number of likely N-dealkylation sites (tertiary alicyclic amines) is 1. The first-order valence-electron chi connectivity index (χ1n) is 6.79. The average molecular weight is 224 g/mol. The molecule has 1 amide bonds. The molecule has 2 heterocycles. The van der Waals surface area contributed by atoms with Crippen LogP contribution >= 0.6 is 0 Å². The summed E-state index contributed by atoms with van der Waals surface area (Å²) >= 11 is 0. The molecule has 2 fully saturated rings. The molecule has 1 unspecified atom stereocenters. The van der Waals surface area contributed by atoms with E-state index in [-0.39, 0.29) is 5.41 Å². The van der Waals surface area contributed by atoms with Crippen LogP contribution in [0.15, 0.2) is 0 Å². The van der Waals surface area contributed by atoms with Gasteiger partial charge in [0.05, 0.1) is 5.41 Å². The van der Waals surface area contributed by atoms with Crippen molar-refractivity contribution in [1.29, 1.82) is 0 Å². The maximum atomic E-state index is 12.6. The third-order valence-electron chi connectivity index (χ3n) is 4.07. The Kier molecular flexibility index (Phi) is 3.85. The molecule has 0 saturated carbocycles. The Labute approximate surface area is 98.6 Å². The van der Waals surface area contributed by atoms with Gasteiger partial charge in [0, 0.05) is 19.6 Å². The molecule has 2 rings (SSSR count). The molecular formula is C13H24N2O. The van der Waals surface area contributed by atoms with Crippen LogP contribution in [0.5, 0.6) is 0 Å². The molecule has 0 aliphatic carbocycles. The van der Waals surface area contributed by atoms with Crippen LogP contribution < -0.4 is 5.32 Å². The normalized spacial score (nSPS) is 30.7. The quantitative estimate of drug-likeness (QED) is 0.792. The topological polar surface area (TPSA) is 32.3 Å². The van der Waals surface area contributed by atoms with Crippen molar-refractivity contribution in [1.82, 2.24) is 10.2 Å². The highest BCUT2D eigenvalue weighted by atomic mass is 16.2. The summed E-state index contributed by atoms with van der Waals surface area (Å²) in [6.45, 7) is 6.08. The summed E-state index contributed by atoms with van der Waals surface area (Å²) in [5.41, 5.74) is -0.0634. The number of nitrogens with one attached hydrogen (secondary N) is 1. The fourth-order valence-electron chi connectivity index (χ4n) is 3.16. The van der Waals surface area contributed by atoms with Gasteiger partial charge in [-0.25, -0.2) is 0 Å². The summed E-state index contributed by atoms with van der Waals surface area (Å²) in [6.07, 6.45) is 6.89. The SMILES string of the molecule is CCCC1(C(=O)N2CCCCC2)CCNC1. The van der Waals surface area contributed by atoms with Gasteiger partial charge in [0.2, 0.25) is 5.91 Å². The molecule has 2 aliphatic rings. The predicted molar refractivity (Wildman–Crippen MR) is 65.3 cm³/mol. The van der Waals surface area contributed by atoms with E-state index in [1.807, 2.05) is 0 Å². The third kappa shape index (κ3) is 2.24. The van der Waals surface area contributed by atoms with Crippen LogP contribution in [0.4, 0.5) is 0 Å². The van der Waals surface area contributed by atoms with Gasteiger partial charge in [-0.15, -0.1) is 0 Å². The molecule has 3 heteroatoms. The van der Waals surface area contributed by atoms with E-state index in [1.54, 1.807) is 0 Å². The standard InChI is InChI=1S/C13H24N2O/c1-2-6-13(7-8-14-11-13)12(16)15-9-4-3-5-10-15/h14H,2-11H2,1H3. The van der Waals surface area contributed by atoms with E-state index in [4.69, 9.17) is 0 Å². The summed E-state index contributed by atoms with van der Waals surface area (Å²) in [4.78, 5) is 14.7. The largest absolute Gasteiger partial charge is 0.342 e. The summed E-state index contributed by atoms with van der Waals surface area (Å²) in [5.74, 6) is 0.430.